The molecule has 2 N–H and O–H groups in total. The zero-order valence-electron chi connectivity index (χ0n) is 17.2. The molecule has 6 heteroatoms. The van der Waals surface area contributed by atoms with Crippen molar-refractivity contribution in [2.24, 2.45) is 0 Å². The summed E-state index contributed by atoms with van der Waals surface area (Å²) < 4.78 is 5.51. The van der Waals surface area contributed by atoms with Crippen LogP contribution >= 0.6 is 0 Å². The van der Waals surface area contributed by atoms with Crippen LogP contribution in [0.5, 0.6) is 5.75 Å². The number of anilines is 1. The van der Waals surface area contributed by atoms with Gasteiger partial charge in [-0.1, -0.05) is 37.8 Å². The molecule has 1 amide bonds. The summed E-state index contributed by atoms with van der Waals surface area (Å²) in [6.45, 7) is 6.66. The monoisotopic (exact) mass is 400 g/mol. The lowest BCUT2D eigenvalue weighted by molar-refractivity contribution is 0.0949. The molecule has 152 valence electrons. The molecule has 0 unspecified atom stereocenters. The Labute approximate surface area is 176 Å². The van der Waals surface area contributed by atoms with Gasteiger partial charge in [0.1, 0.15) is 11.4 Å². The van der Waals surface area contributed by atoms with Gasteiger partial charge in [0.05, 0.1) is 24.6 Å². The van der Waals surface area contributed by atoms with Gasteiger partial charge in [0.2, 0.25) is 0 Å². The smallest absolute Gasteiger partial charge is 0.269 e. The first kappa shape index (κ1) is 20.9. The van der Waals surface area contributed by atoms with Gasteiger partial charge < -0.3 is 15.4 Å². The fourth-order valence-corrected chi connectivity index (χ4v) is 3.10. The lowest BCUT2D eigenvalue weighted by atomic mass is 10.0. The molecular formula is C24H24N4O2. The summed E-state index contributed by atoms with van der Waals surface area (Å²) in [5.74, 6) is 0.490. The standard InChI is InChI=1S/C24H24N4O2/c1-4-12-26-24(29)21-7-5-6-20(28-21)18-9-8-17-10-11-22(30-3)23(19(17)13-18)27-15-16(2)14-25/h5-11,13,27H,2,4,12,15H2,1,3H3,(H,26,29). The first-order valence-corrected chi connectivity index (χ1v) is 9.75. The quantitative estimate of drug-likeness (QED) is 0.542. The fourth-order valence-electron chi connectivity index (χ4n) is 3.10. The van der Waals surface area contributed by atoms with Crippen LogP contribution in [0.1, 0.15) is 23.8 Å². The Bertz CT molecular complexity index is 1130. The van der Waals surface area contributed by atoms with E-state index in [1.165, 1.54) is 0 Å². The van der Waals surface area contributed by atoms with Crippen molar-refractivity contribution >= 4 is 22.4 Å². The molecule has 0 atom stereocenters. The highest BCUT2D eigenvalue weighted by molar-refractivity contribution is 5.99. The van der Waals surface area contributed by atoms with E-state index in [1.54, 1.807) is 13.2 Å². The minimum Gasteiger partial charge on any atom is -0.495 e. The van der Waals surface area contributed by atoms with Crippen LogP contribution in [0, 0.1) is 11.3 Å². The van der Waals surface area contributed by atoms with E-state index in [1.807, 2.05) is 55.5 Å². The maximum Gasteiger partial charge on any atom is 0.269 e. The molecule has 0 saturated heterocycles. The number of rotatable bonds is 8. The summed E-state index contributed by atoms with van der Waals surface area (Å²) in [7, 11) is 1.61. The number of nitriles is 1. The molecule has 30 heavy (non-hydrogen) atoms. The highest BCUT2D eigenvalue weighted by Crippen LogP contribution is 2.35. The van der Waals surface area contributed by atoms with E-state index in [0.29, 0.717) is 35.8 Å². The molecule has 3 aromatic rings. The Morgan fingerprint density at radius 1 is 1.23 bits per heavy atom. The van der Waals surface area contributed by atoms with Crippen molar-refractivity contribution in [1.82, 2.24) is 10.3 Å². The molecule has 3 rings (SSSR count). The van der Waals surface area contributed by atoms with Gasteiger partial charge in [-0.25, -0.2) is 4.98 Å². The van der Waals surface area contributed by atoms with Crippen molar-refractivity contribution in [1.29, 1.82) is 5.26 Å². The normalized spacial score (nSPS) is 10.3. The molecule has 2 aromatic carbocycles. The number of amides is 1. The largest absolute Gasteiger partial charge is 0.495 e. The highest BCUT2D eigenvalue weighted by Gasteiger charge is 2.12. The number of carbonyl (C=O) groups is 1. The van der Waals surface area contributed by atoms with Crippen molar-refractivity contribution < 1.29 is 9.53 Å². The van der Waals surface area contributed by atoms with Gasteiger partial charge in [-0.15, -0.1) is 0 Å². The molecule has 0 aliphatic rings. The van der Waals surface area contributed by atoms with Crippen LogP contribution in [0.15, 0.2) is 60.7 Å². The summed E-state index contributed by atoms with van der Waals surface area (Å²) in [6, 6.07) is 17.3. The molecular weight excluding hydrogens is 376 g/mol. The number of pyridine rings is 1. The average Bonchev–Trinajstić information content (AvgIpc) is 2.80. The van der Waals surface area contributed by atoms with Crippen LogP contribution in [-0.2, 0) is 0 Å². The Morgan fingerprint density at radius 2 is 2.03 bits per heavy atom. The molecule has 6 nitrogen and oxygen atoms in total. The van der Waals surface area contributed by atoms with Gasteiger partial charge in [0.15, 0.2) is 0 Å². The lowest BCUT2D eigenvalue weighted by Gasteiger charge is -2.15. The minimum atomic E-state index is -0.182. The number of ether oxygens (including phenoxy) is 1. The first-order valence-electron chi connectivity index (χ1n) is 9.75. The summed E-state index contributed by atoms with van der Waals surface area (Å²) >= 11 is 0. The van der Waals surface area contributed by atoms with E-state index in [-0.39, 0.29) is 5.91 Å². The van der Waals surface area contributed by atoms with Gasteiger partial charge in [0.25, 0.3) is 5.91 Å². The zero-order valence-corrected chi connectivity index (χ0v) is 17.2. The zero-order chi connectivity index (χ0) is 21.5. The predicted octanol–water partition coefficient (Wildman–Crippen LogP) is 4.54. The van der Waals surface area contributed by atoms with Crippen molar-refractivity contribution in [3.8, 4) is 23.1 Å². The molecule has 0 spiro atoms. The molecule has 0 aliphatic heterocycles. The molecule has 0 fully saturated rings. The Morgan fingerprint density at radius 3 is 2.77 bits per heavy atom. The third-order valence-electron chi connectivity index (χ3n) is 4.65. The van der Waals surface area contributed by atoms with E-state index in [0.717, 1.165) is 28.4 Å². The number of hydrogen-bond acceptors (Lipinski definition) is 5. The van der Waals surface area contributed by atoms with Crippen LogP contribution in [0.2, 0.25) is 0 Å². The van der Waals surface area contributed by atoms with Crippen LogP contribution in [0.3, 0.4) is 0 Å². The maximum absolute atomic E-state index is 12.3. The van der Waals surface area contributed by atoms with E-state index in [4.69, 9.17) is 10.00 Å². The highest BCUT2D eigenvalue weighted by atomic mass is 16.5. The molecule has 0 bridgehead atoms. The second kappa shape index (κ2) is 9.57. The van der Waals surface area contributed by atoms with Gasteiger partial charge in [-0.3, -0.25) is 4.79 Å². The lowest BCUT2D eigenvalue weighted by Crippen LogP contribution is -2.24. The van der Waals surface area contributed by atoms with Gasteiger partial charge in [-0.05, 0) is 36.1 Å². The van der Waals surface area contributed by atoms with Crippen molar-refractivity contribution in [3.63, 3.8) is 0 Å². The molecule has 0 aliphatic carbocycles. The van der Waals surface area contributed by atoms with Crippen LogP contribution in [0.25, 0.3) is 22.0 Å². The number of methoxy groups -OCH3 is 1. The van der Waals surface area contributed by atoms with Crippen LogP contribution < -0.4 is 15.4 Å². The third-order valence-corrected chi connectivity index (χ3v) is 4.65. The summed E-state index contributed by atoms with van der Waals surface area (Å²) in [5.41, 5.74) is 3.18. The SMILES string of the molecule is C=C(C#N)CNc1c(OC)ccc2ccc(-c3cccc(C(=O)NCCC)n3)cc12. The van der Waals surface area contributed by atoms with Crippen molar-refractivity contribution in [2.75, 3.05) is 25.5 Å². The van der Waals surface area contributed by atoms with Gasteiger partial charge in [0, 0.05) is 29.6 Å². The van der Waals surface area contributed by atoms with E-state index < -0.39 is 0 Å². The summed E-state index contributed by atoms with van der Waals surface area (Å²) in [5, 5.41) is 17.1. The number of benzene rings is 2. The van der Waals surface area contributed by atoms with E-state index in [9.17, 15) is 4.79 Å². The maximum atomic E-state index is 12.3. The van der Waals surface area contributed by atoms with Crippen molar-refractivity contribution in [3.05, 3.63) is 66.4 Å². The summed E-state index contributed by atoms with van der Waals surface area (Å²) in [6.07, 6.45) is 0.867. The number of nitrogens with one attached hydrogen (secondary N) is 2. The number of nitrogens with zero attached hydrogens (tertiary/aromatic N) is 2. The Hall–Kier alpha value is -3.85. The number of carbonyl (C=O) groups excluding carboxylic acids is 1. The van der Waals surface area contributed by atoms with Crippen molar-refractivity contribution in [2.45, 2.75) is 13.3 Å². The topological polar surface area (TPSA) is 87.0 Å². The number of fused-ring (bicyclic) bond motifs is 1. The third kappa shape index (κ3) is 4.58. The summed E-state index contributed by atoms with van der Waals surface area (Å²) in [4.78, 5) is 16.8. The number of aromatic nitrogens is 1. The minimum absolute atomic E-state index is 0.182. The molecule has 0 radical (unpaired) electrons. The van der Waals surface area contributed by atoms with E-state index >= 15 is 0 Å². The average molecular weight is 400 g/mol. The number of hydrogen-bond donors (Lipinski definition) is 2. The predicted molar refractivity (Wildman–Crippen MR) is 120 cm³/mol. The molecule has 1 aromatic heterocycles. The Balaban J connectivity index is 2.03. The molecule has 1 heterocycles. The fraction of sp³-hybridized carbons (Fsp3) is 0.208. The van der Waals surface area contributed by atoms with Crippen LogP contribution in [0.4, 0.5) is 5.69 Å². The van der Waals surface area contributed by atoms with Crippen LogP contribution in [-0.4, -0.2) is 31.1 Å². The second-order valence-electron chi connectivity index (χ2n) is 6.81. The van der Waals surface area contributed by atoms with E-state index in [2.05, 4.69) is 22.2 Å². The Kier molecular flexibility index (Phi) is 6.66. The van der Waals surface area contributed by atoms with Gasteiger partial charge >= 0.3 is 0 Å². The first-order chi connectivity index (χ1) is 14.6. The molecule has 0 saturated carbocycles. The second-order valence-corrected chi connectivity index (χ2v) is 6.81. The van der Waals surface area contributed by atoms with Gasteiger partial charge in [-0.2, -0.15) is 5.26 Å².